The number of benzene rings is 2. The van der Waals surface area contributed by atoms with Gasteiger partial charge in [0, 0.05) is 12.1 Å². The summed E-state index contributed by atoms with van der Waals surface area (Å²) < 4.78 is 16.1. The van der Waals surface area contributed by atoms with Gasteiger partial charge in [0.15, 0.2) is 18.1 Å². The maximum Gasteiger partial charge on any atom is 0.277 e. The number of hydrogen-bond acceptors (Lipinski definition) is 5. The van der Waals surface area contributed by atoms with Gasteiger partial charge in [-0.15, -0.1) is 0 Å². The lowest BCUT2D eigenvalue weighted by molar-refractivity contribution is -0.123. The second-order valence-corrected chi connectivity index (χ2v) is 5.58. The molecule has 0 unspecified atom stereocenters. The van der Waals surface area contributed by atoms with Crippen molar-refractivity contribution < 1.29 is 19.0 Å². The summed E-state index contributed by atoms with van der Waals surface area (Å²) in [6, 6.07) is 15.0. The Morgan fingerprint density at radius 3 is 2.31 bits per heavy atom. The summed E-state index contributed by atoms with van der Waals surface area (Å²) in [7, 11) is 1.63. The van der Waals surface area contributed by atoms with Gasteiger partial charge in [0.2, 0.25) is 0 Å². The number of nitrogens with zero attached hydrogens (tertiary/aromatic N) is 1. The van der Waals surface area contributed by atoms with Crippen LogP contribution in [0.3, 0.4) is 0 Å². The van der Waals surface area contributed by atoms with Crippen LogP contribution >= 0.6 is 0 Å². The first-order chi connectivity index (χ1) is 12.6. The molecule has 0 fully saturated rings. The number of rotatable bonds is 9. The zero-order valence-corrected chi connectivity index (χ0v) is 15.3. The lowest BCUT2D eigenvalue weighted by Crippen LogP contribution is -2.25. The third-order valence-electron chi connectivity index (χ3n) is 3.50. The molecule has 26 heavy (non-hydrogen) atoms. The molecule has 6 heteroatoms. The van der Waals surface area contributed by atoms with Crippen molar-refractivity contribution in [3.8, 4) is 17.2 Å². The van der Waals surface area contributed by atoms with Crippen molar-refractivity contribution in [3.05, 3.63) is 54.1 Å². The molecule has 0 aliphatic rings. The first kappa shape index (κ1) is 19.3. The zero-order chi connectivity index (χ0) is 18.8. The van der Waals surface area contributed by atoms with Crippen molar-refractivity contribution in [1.82, 2.24) is 5.43 Å². The summed E-state index contributed by atoms with van der Waals surface area (Å²) in [5, 5.41) is 4.11. The minimum atomic E-state index is -0.328. The van der Waals surface area contributed by atoms with Crippen LogP contribution in [0.1, 0.15) is 19.4 Å². The van der Waals surface area contributed by atoms with Crippen LogP contribution in [0.15, 0.2) is 53.6 Å². The number of para-hydroxylation sites is 2. The maximum atomic E-state index is 11.9. The average Bonchev–Trinajstić information content (AvgIpc) is 2.66. The molecule has 0 radical (unpaired) electrons. The summed E-state index contributed by atoms with van der Waals surface area (Å²) in [5.41, 5.74) is 4.38. The van der Waals surface area contributed by atoms with E-state index in [-0.39, 0.29) is 12.5 Å². The minimum absolute atomic E-state index is 0.136. The Morgan fingerprint density at radius 2 is 1.69 bits per heavy atom. The van der Waals surface area contributed by atoms with Gasteiger partial charge in [0.25, 0.3) is 5.91 Å². The van der Waals surface area contributed by atoms with Gasteiger partial charge in [-0.2, -0.15) is 5.10 Å². The van der Waals surface area contributed by atoms with Crippen molar-refractivity contribution >= 4 is 11.6 Å². The highest BCUT2D eigenvalue weighted by Gasteiger charge is 2.07. The number of ether oxygens (including phenoxy) is 3. The molecule has 0 aliphatic heterocycles. The van der Waals surface area contributed by atoms with E-state index in [0.29, 0.717) is 24.5 Å². The molecule has 2 rings (SSSR count). The highest BCUT2D eigenvalue weighted by atomic mass is 16.5. The fraction of sp³-hybridized carbons (Fsp3) is 0.300. The summed E-state index contributed by atoms with van der Waals surface area (Å²) in [6.07, 6.45) is 0.637. The van der Waals surface area contributed by atoms with E-state index < -0.39 is 0 Å². The van der Waals surface area contributed by atoms with Crippen LogP contribution in [0.2, 0.25) is 0 Å². The smallest absolute Gasteiger partial charge is 0.277 e. The van der Waals surface area contributed by atoms with Crippen molar-refractivity contribution in [3.63, 3.8) is 0 Å². The van der Waals surface area contributed by atoms with Crippen LogP contribution in [0.4, 0.5) is 0 Å². The molecule has 0 spiro atoms. The Labute approximate surface area is 153 Å². The van der Waals surface area contributed by atoms with E-state index >= 15 is 0 Å². The largest absolute Gasteiger partial charge is 0.497 e. The standard InChI is InChI=1S/C20H24N2O4/c1-4-25-18-7-5-6-8-19(18)26-14-20(23)22-21-15(2)13-16-9-11-17(24-3)12-10-16/h5-12H,4,13-14H2,1-3H3,(H,22,23)/b21-15-. The Hall–Kier alpha value is -3.02. The predicted molar refractivity (Wildman–Crippen MR) is 101 cm³/mol. The molecule has 0 aromatic heterocycles. The van der Waals surface area contributed by atoms with Gasteiger partial charge in [-0.25, -0.2) is 5.43 Å². The fourth-order valence-electron chi connectivity index (χ4n) is 2.26. The van der Waals surface area contributed by atoms with Crippen molar-refractivity contribution in [2.45, 2.75) is 20.3 Å². The zero-order valence-electron chi connectivity index (χ0n) is 15.3. The molecular weight excluding hydrogens is 332 g/mol. The SMILES string of the molecule is CCOc1ccccc1OCC(=O)N/N=C(/C)Cc1ccc(OC)cc1. The topological polar surface area (TPSA) is 69.2 Å². The number of carbonyl (C=O) groups is 1. The van der Waals surface area contributed by atoms with Crippen LogP contribution in [-0.2, 0) is 11.2 Å². The normalized spacial score (nSPS) is 11.0. The molecular formula is C20H24N2O4. The van der Waals surface area contributed by atoms with Crippen LogP contribution in [0, 0.1) is 0 Å². The number of methoxy groups -OCH3 is 1. The van der Waals surface area contributed by atoms with Crippen molar-refractivity contribution in [2.75, 3.05) is 20.3 Å². The summed E-state index contributed by atoms with van der Waals surface area (Å²) >= 11 is 0. The first-order valence-corrected chi connectivity index (χ1v) is 8.42. The van der Waals surface area contributed by atoms with E-state index in [9.17, 15) is 4.79 Å². The van der Waals surface area contributed by atoms with E-state index in [1.165, 1.54) is 0 Å². The van der Waals surface area contributed by atoms with E-state index in [4.69, 9.17) is 14.2 Å². The van der Waals surface area contributed by atoms with Gasteiger partial charge in [-0.05, 0) is 43.7 Å². The molecule has 0 aliphatic carbocycles. The summed E-state index contributed by atoms with van der Waals surface area (Å²) in [4.78, 5) is 11.9. The molecule has 6 nitrogen and oxygen atoms in total. The quantitative estimate of drug-likeness (QED) is 0.553. The first-order valence-electron chi connectivity index (χ1n) is 8.42. The van der Waals surface area contributed by atoms with E-state index in [2.05, 4.69) is 10.5 Å². The van der Waals surface area contributed by atoms with Crippen molar-refractivity contribution in [1.29, 1.82) is 0 Å². The Balaban J connectivity index is 1.82. The monoisotopic (exact) mass is 356 g/mol. The van der Waals surface area contributed by atoms with E-state index in [1.54, 1.807) is 19.2 Å². The number of nitrogens with one attached hydrogen (secondary N) is 1. The summed E-state index contributed by atoms with van der Waals surface area (Å²) in [5.74, 6) is 1.62. The third-order valence-corrected chi connectivity index (χ3v) is 3.50. The molecule has 138 valence electrons. The van der Waals surface area contributed by atoms with E-state index in [0.717, 1.165) is 17.0 Å². The second-order valence-electron chi connectivity index (χ2n) is 5.58. The minimum Gasteiger partial charge on any atom is -0.497 e. The molecule has 0 heterocycles. The molecule has 1 N–H and O–H groups in total. The maximum absolute atomic E-state index is 11.9. The fourth-order valence-corrected chi connectivity index (χ4v) is 2.26. The van der Waals surface area contributed by atoms with Crippen LogP contribution in [-0.4, -0.2) is 31.9 Å². The third kappa shape index (κ3) is 6.12. The van der Waals surface area contributed by atoms with Crippen molar-refractivity contribution in [2.24, 2.45) is 5.10 Å². The second kappa shape index (κ2) is 10.1. The van der Waals surface area contributed by atoms with Gasteiger partial charge < -0.3 is 14.2 Å². The van der Waals surface area contributed by atoms with Gasteiger partial charge in [-0.3, -0.25) is 4.79 Å². The molecule has 2 aromatic carbocycles. The van der Waals surface area contributed by atoms with Crippen LogP contribution < -0.4 is 19.6 Å². The Kier molecular flexibility index (Phi) is 7.49. The van der Waals surface area contributed by atoms with Crippen LogP contribution in [0.25, 0.3) is 0 Å². The molecule has 1 amide bonds. The molecule has 0 atom stereocenters. The highest BCUT2D eigenvalue weighted by Crippen LogP contribution is 2.26. The number of hydrogen-bond donors (Lipinski definition) is 1. The number of carbonyl (C=O) groups excluding carboxylic acids is 1. The van der Waals surface area contributed by atoms with Gasteiger partial charge in [0.1, 0.15) is 5.75 Å². The van der Waals surface area contributed by atoms with Crippen LogP contribution in [0.5, 0.6) is 17.2 Å². The van der Waals surface area contributed by atoms with Gasteiger partial charge >= 0.3 is 0 Å². The molecule has 2 aromatic rings. The van der Waals surface area contributed by atoms with Gasteiger partial charge in [-0.1, -0.05) is 24.3 Å². The Morgan fingerprint density at radius 1 is 1.04 bits per heavy atom. The molecule has 0 bridgehead atoms. The highest BCUT2D eigenvalue weighted by molar-refractivity contribution is 5.86. The Bertz CT molecular complexity index is 742. The van der Waals surface area contributed by atoms with Gasteiger partial charge in [0.05, 0.1) is 13.7 Å². The van der Waals surface area contributed by atoms with E-state index in [1.807, 2.05) is 50.2 Å². The molecule has 0 saturated carbocycles. The molecule has 0 saturated heterocycles. The predicted octanol–water partition coefficient (Wildman–Crippen LogP) is 3.21. The number of hydrazone groups is 1. The summed E-state index contributed by atoms with van der Waals surface area (Å²) in [6.45, 7) is 4.14. The lowest BCUT2D eigenvalue weighted by atomic mass is 10.1. The number of amides is 1. The average molecular weight is 356 g/mol. The lowest BCUT2D eigenvalue weighted by Gasteiger charge is -2.10.